The largest absolute Gasteiger partial charge is 0.388 e. The molecule has 1 aromatic carbocycles. The van der Waals surface area contributed by atoms with Gasteiger partial charge in [0.2, 0.25) is 5.91 Å². The van der Waals surface area contributed by atoms with Crippen molar-refractivity contribution in [3.63, 3.8) is 0 Å². The van der Waals surface area contributed by atoms with Crippen LogP contribution in [0.4, 0.5) is 0 Å². The summed E-state index contributed by atoms with van der Waals surface area (Å²) in [4.78, 5) is 15.4. The highest BCUT2D eigenvalue weighted by Crippen LogP contribution is 2.44. The van der Waals surface area contributed by atoms with Gasteiger partial charge in [-0.15, -0.1) is 0 Å². The van der Waals surface area contributed by atoms with Crippen LogP contribution in [0.2, 0.25) is 0 Å². The van der Waals surface area contributed by atoms with Crippen LogP contribution in [0.5, 0.6) is 0 Å². The van der Waals surface area contributed by atoms with Crippen molar-refractivity contribution in [1.29, 1.82) is 0 Å². The summed E-state index contributed by atoms with van der Waals surface area (Å²) in [6.07, 6.45) is 8.19. The van der Waals surface area contributed by atoms with Gasteiger partial charge < -0.3 is 10.4 Å². The molecule has 2 aliphatic heterocycles. The maximum Gasteiger partial charge on any atom is 0.224 e. The van der Waals surface area contributed by atoms with Crippen LogP contribution in [-0.4, -0.2) is 40.6 Å². The van der Waals surface area contributed by atoms with E-state index in [9.17, 15) is 9.90 Å². The minimum atomic E-state index is -0.680. The topological polar surface area (TPSA) is 52.6 Å². The Morgan fingerprint density at radius 1 is 1.16 bits per heavy atom. The van der Waals surface area contributed by atoms with Crippen LogP contribution in [-0.2, 0) is 4.79 Å². The average Bonchev–Trinajstić information content (AvgIpc) is 3.24. The summed E-state index contributed by atoms with van der Waals surface area (Å²) in [5.74, 6) is 0.203. The number of nitrogens with one attached hydrogen (secondary N) is 1. The van der Waals surface area contributed by atoms with Crippen LogP contribution in [0.15, 0.2) is 30.3 Å². The molecule has 136 valence electrons. The lowest BCUT2D eigenvalue weighted by atomic mass is 9.84. The molecule has 3 atom stereocenters. The van der Waals surface area contributed by atoms with E-state index >= 15 is 0 Å². The molecule has 4 heteroatoms. The minimum Gasteiger partial charge on any atom is -0.388 e. The Kier molecular flexibility index (Phi) is 4.83. The molecule has 2 N–H and O–H groups in total. The first kappa shape index (κ1) is 17.0. The molecule has 4 rings (SSSR count). The highest BCUT2D eigenvalue weighted by molar-refractivity contribution is 5.80. The van der Waals surface area contributed by atoms with Gasteiger partial charge in [0, 0.05) is 18.6 Å². The smallest absolute Gasteiger partial charge is 0.224 e. The Morgan fingerprint density at radius 2 is 1.92 bits per heavy atom. The molecule has 2 heterocycles. The van der Waals surface area contributed by atoms with E-state index in [1.54, 1.807) is 0 Å². The van der Waals surface area contributed by atoms with Gasteiger partial charge in [0.1, 0.15) is 0 Å². The first-order valence-electron chi connectivity index (χ1n) is 9.97. The lowest BCUT2D eigenvalue weighted by Crippen LogP contribution is -2.47. The van der Waals surface area contributed by atoms with Gasteiger partial charge in [0.25, 0.3) is 0 Å². The zero-order chi connectivity index (χ0) is 17.3. The van der Waals surface area contributed by atoms with Crippen molar-refractivity contribution < 1.29 is 9.90 Å². The van der Waals surface area contributed by atoms with Gasteiger partial charge in [-0.3, -0.25) is 9.69 Å². The molecule has 0 aromatic heterocycles. The lowest BCUT2D eigenvalue weighted by Gasteiger charge is -2.32. The second-order valence-corrected chi connectivity index (χ2v) is 8.22. The molecule has 0 bridgehead atoms. The first-order chi connectivity index (χ1) is 12.2. The molecular weight excluding hydrogens is 312 g/mol. The van der Waals surface area contributed by atoms with Crippen LogP contribution in [0.25, 0.3) is 0 Å². The monoisotopic (exact) mass is 342 g/mol. The normalized spacial score (nSPS) is 31.6. The van der Waals surface area contributed by atoms with Crippen LogP contribution in [0.3, 0.4) is 0 Å². The molecule has 0 unspecified atom stereocenters. The summed E-state index contributed by atoms with van der Waals surface area (Å²) < 4.78 is 0. The number of hydrogen-bond donors (Lipinski definition) is 2. The molecule has 1 aromatic rings. The summed E-state index contributed by atoms with van der Waals surface area (Å²) in [6.45, 7) is 1.52. The van der Waals surface area contributed by atoms with E-state index in [-0.39, 0.29) is 11.8 Å². The summed E-state index contributed by atoms with van der Waals surface area (Å²) in [7, 11) is 0. The van der Waals surface area contributed by atoms with E-state index < -0.39 is 5.60 Å². The molecule has 1 amide bonds. The van der Waals surface area contributed by atoms with Crippen LogP contribution in [0.1, 0.15) is 63.0 Å². The number of aliphatic hydroxyl groups is 1. The van der Waals surface area contributed by atoms with E-state index in [2.05, 4.69) is 40.5 Å². The predicted molar refractivity (Wildman–Crippen MR) is 98.1 cm³/mol. The number of fused-ring (bicyclic) bond motifs is 1. The average molecular weight is 342 g/mol. The number of rotatable bonds is 4. The third kappa shape index (κ3) is 3.47. The van der Waals surface area contributed by atoms with Crippen molar-refractivity contribution in [3.05, 3.63) is 35.9 Å². The molecule has 1 aliphatic carbocycles. The van der Waals surface area contributed by atoms with Crippen LogP contribution >= 0.6 is 0 Å². The summed E-state index contributed by atoms with van der Waals surface area (Å²) in [6, 6.07) is 11.3. The number of benzene rings is 1. The Bertz CT molecular complexity index is 597. The highest BCUT2D eigenvalue weighted by Gasteiger charge is 2.47. The maximum absolute atomic E-state index is 12.9. The lowest BCUT2D eigenvalue weighted by molar-refractivity contribution is -0.127. The van der Waals surface area contributed by atoms with Crippen molar-refractivity contribution in [3.8, 4) is 0 Å². The second-order valence-electron chi connectivity index (χ2n) is 8.22. The van der Waals surface area contributed by atoms with Gasteiger partial charge in [-0.1, -0.05) is 49.6 Å². The number of hydrogen-bond acceptors (Lipinski definition) is 3. The zero-order valence-corrected chi connectivity index (χ0v) is 15.0. The molecule has 0 spiro atoms. The molecule has 4 nitrogen and oxygen atoms in total. The standard InChI is InChI=1S/C21H30N2O2/c24-20(22-15-21(25)11-5-2-6-12-21)17-14-19(16-8-3-1-4-9-16)23-13-7-10-18(17)23/h1,3-4,8-9,17-19,25H,2,5-7,10-15H2,(H,22,24)/t17-,18+,19-/m1/s1. The van der Waals surface area contributed by atoms with Crippen molar-refractivity contribution in [2.24, 2.45) is 5.92 Å². The SMILES string of the molecule is O=C(NCC1(O)CCCCC1)[C@@H]1C[C@H](c2ccccc2)N2CCC[C@@H]12. The van der Waals surface area contributed by atoms with E-state index in [1.807, 2.05) is 0 Å². The highest BCUT2D eigenvalue weighted by atomic mass is 16.3. The fourth-order valence-corrected chi connectivity index (χ4v) is 5.22. The molecule has 25 heavy (non-hydrogen) atoms. The van der Waals surface area contributed by atoms with Gasteiger partial charge in [-0.05, 0) is 44.2 Å². The van der Waals surface area contributed by atoms with Gasteiger partial charge in [0.05, 0.1) is 11.5 Å². The predicted octanol–water partition coefficient (Wildman–Crippen LogP) is 3.02. The number of carbonyl (C=O) groups is 1. The molecule has 0 radical (unpaired) electrons. The van der Waals surface area contributed by atoms with E-state index in [1.165, 1.54) is 18.4 Å². The van der Waals surface area contributed by atoms with Crippen LogP contribution < -0.4 is 5.32 Å². The molecule has 1 saturated carbocycles. The summed E-state index contributed by atoms with van der Waals surface area (Å²) in [5.41, 5.74) is 0.649. The van der Waals surface area contributed by atoms with Crippen molar-refractivity contribution in [2.75, 3.05) is 13.1 Å². The zero-order valence-electron chi connectivity index (χ0n) is 15.0. The number of nitrogens with zero attached hydrogens (tertiary/aromatic N) is 1. The number of amides is 1. The van der Waals surface area contributed by atoms with Crippen molar-refractivity contribution in [1.82, 2.24) is 10.2 Å². The van der Waals surface area contributed by atoms with Gasteiger partial charge in [-0.2, -0.15) is 0 Å². The van der Waals surface area contributed by atoms with Crippen molar-refractivity contribution in [2.45, 2.75) is 69.1 Å². The van der Waals surface area contributed by atoms with E-state index in [0.29, 0.717) is 18.6 Å². The Labute approximate surface area is 150 Å². The third-order valence-electron chi connectivity index (χ3n) is 6.58. The van der Waals surface area contributed by atoms with Crippen LogP contribution in [0, 0.1) is 5.92 Å². The summed E-state index contributed by atoms with van der Waals surface area (Å²) >= 11 is 0. The molecule has 3 fully saturated rings. The number of carbonyl (C=O) groups excluding carboxylic acids is 1. The maximum atomic E-state index is 12.9. The van der Waals surface area contributed by atoms with Gasteiger partial charge in [-0.25, -0.2) is 0 Å². The molecule has 2 saturated heterocycles. The Balaban J connectivity index is 1.42. The van der Waals surface area contributed by atoms with Gasteiger partial charge >= 0.3 is 0 Å². The fraction of sp³-hybridized carbons (Fsp3) is 0.667. The van der Waals surface area contributed by atoms with Gasteiger partial charge in [0.15, 0.2) is 0 Å². The molecular formula is C21H30N2O2. The fourth-order valence-electron chi connectivity index (χ4n) is 5.22. The second kappa shape index (κ2) is 7.08. The summed E-state index contributed by atoms with van der Waals surface area (Å²) in [5, 5.41) is 13.8. The first-order valence-corrected chi connectivity index (χ1v) is 9.97. The van der Waals surface area contributed by atoms with E-state index in [4.69, 9.17) is 0 Å². The Morgan fingerprint density at radius 3 is 2.68 bits per heavy atom. The molecule has 3 aliphatic rings. The minimum absolute atomic E-state index is 0.0555. The van der Waals surface area contributed by atoms with E-state index in [0.717, 1.165) is 45.1 Å². The third-order valence-corrected chi connectivity index (χ3v) is 6.58. The van der Waals surface area contributed by atoms with Crippen molar-refractivity contribution >= 4 is 5.91 Å². The quantitative estimate of drug-likeness (QED) is 0.884. The Hall–Kier alpha value is -1.39.